The Hall–Kier alpha value is -3.26. The van der Waals surface area contributed by atoms with E-state index >= 15 is 0 Å². The second kappa shape index (κ2) is 11.6. The molecule has 36 heavy (non-hydrogen) atoms. The van der Waals surface area contributed by atoms with Gasteiger partial charge in [-0.25, -0.2) is 4.98 Å². The van der Waals surface area contributed by atoms with E-state index in [1.54, 1.807) is 11.3 Å². The lowest BCUT2D eigenvalue weighted by molar-refractivity contribution is 0.0376. The molecule has 0 saturated carbocycles. The van der Waals surface area contributed by atoms with Crippen LogP contribution in [0.25, 0.3) is 10.2 Å². The lowest BCUT2D eigenvalue weighted by Crippen LogP contribution is -2.39. The number of benzene rings is 3. The minimum atomic E-state index is -0.0646. The molecule has 0 aliphatic carbocycles. The van der Waals surface area contributed by atoms with Crippen molar-refractivity contribution in [1.82, 2.24) is 9.88 Å². The van der Waals surface area contributed by atoms with Gasteiger partial charge < -0.3 is 9.47 Å². The molecule has 2 heterocycles. The fourth-order valence-electron chi connectivity index (χ4n) is 4.33. The average molecular weight is 502 g/mol. The first-order valence-corrected chi connectivity index (χ1v) is 13.4. The summed E-state index contributed by atoms with van der Waals surface area (Å²) >= 11 is 1.58. The Kier molecular flexibility index (Phi) is 7.91. The largest absolute Gasteiger partial charge is 0.457 e. The maximum atomic E-state index is 13.8. The van der Waals surface area contributed by atoms with Crippen LogP contribution in [0.4, 0.5) is 5.13 Å². The first kappa shape index (κ1) is 24.4. The SMILES string of the molecule is CCc1ccc2nc(N(CCCN3CCOCC3)C(=O)c3cccc(Oc4ccccc4)c3)sc2c1. The quantitative estimate of drug-likeness (QED) is 0.281. The van der Waals surface area contributed by atoms with Crippen molar-refractivity contribution in [1.29, 1.82) is 0 Å². The molecule has 0 unspecified atom stereocenters. The third kappa shape index (κ3) is 5.93. The van der Waals surface area contributed by atoms with Crippen LogP contribution in [0.3, 0.4) is 0 Å². The molecule has 0 radical (unpaired) electrons. The van der Waals surface area contributed by atoms with Crippen molar-refractivity contribution in [3.8, 4) is 11.5 Å². The van der Waals surface area contributed by atoms with Gasteiger partial charge >= 0.3 is 0 Å². The van der Waals surface area contributed by atoms with Gasteiger partial charge in [-0.15, -0.1) is 0 Å². The van der Waals surface area contributed by atoms with Crippen LogP contribution in [0.5, 0.6) is 11.5 Å². The Bertz CT molecular complexity index is 1300. The zero-order valence-electron chi connectivity index (χ0n) is 20.6. The van der Waals surface area contributed by atoms with E-state index in [0.29, 0.717) is 17.9 Å². The summed E-state index contributed by atoms with van der Waals surface area (Å²) in [5, 5.41) is 0.736. The van der Waals surface area contributed by atoms with Crippen molar-refractivity contribution < 1.29 is 14.3 Å². The molecule has 1 amide bonds. The molecule has 4 aromatic rings. The number of morpholine rings is 1. The van der Waals surface area contributed by atoms with Crippen LogP contribution < -0.4 is 9.64 Å². The van der Waals surface area contributed by atoms with Gasteiger partial charge in [-0.3, -0.25) is 14.6 Å². The van der Waals surface area contributed by atoms with Gasteiger partial charge in [0.05, 0.1) is 23.4 Å². The molecule has 0 bridgehead atoms. The standard InChI is InChI=1S/C29H31N3O3S/c1-2-22-12-13-26-27(20-22)36-29(30-26)32(15-7-14-31-16-18-34-19-17-31)28(33)23-8-6-11-25(21-23)35-24-9-4-3-5-10-24/h3-6,8-13,20-21H,2,7,14-19H2,1H3. The predicted molar refractivity (Wildman–Crippen MR) is 146 cm³/mol. The number of aromatic nitrogens is 1. The van der Waals surface area contributed by atoms with Crippen LogP contribution in [0.2, 0.25) is 0 Å². The lowest BCUT2D eigenvalue weighted by atomic mass is 10.2. The van der Waals surface area contributed by atoms with Crippen molar-refractivity contribution in [2.75, 3.05) is 44.3 Å². The average Bonchev–Trinajstić information content (AvgIpc) is 3.35. The smallest absolute Gasteiger partial charge is 0.260 e. The molecule has 1 aromatic heterocycles. The number of carbonyl (C=O) groups excluding carboxylic acids is 1. The van der Waals surface area contributed by atoms with E-state index in [2.05, 4.69) is 30.0 Å². The van der Waals surface area contributed by atoms with Gasteiger partial charge in [-0.1, -0.05) is 48.6 Å². The molecule has 0 N–H and O–H groups in total. The predicted octanol–water partition coefficient (Wildman–Crippen LogP) is 6.02. The van der Waals surface area contributed by atoms with E-state index in [1.807, 2.05) is 59.5 Å². The van der Waals surface area contributed by atoms with E-state index in [0.717, 1.165) is 66.8 Å². The molecule has 1 aliphatic rings. The monoisotopic (exact) mass is 501 g/mol. The molecule has 1 aliphatic heterocycles. The molecule has 1 saturated heterocycles. The summed E-state index contributed by atoms with van der Waals surface area (Å²) in [4.78, 5) is 22.9. The van der Waals surface area contributed by atoms with E-state index in [9.17, 15) is 4.79 Å². The van der Waals surface area contributed by atoms with Gasteiger partial charge in [0.2, 0.25) is 0 Å². The molecular formula is C29H31N3O3S. The Morgan fingerprint density at radius 1 is 1.03 bits per heavy atom. The summed E-state index contributed by atoms with van der Waals surface area (Å²) in [5.74, 6) is 1.31. The Morgan fingerprint density at radius 2 is 1.83 bits per heavy atom. The van der Waals surface area contributed by atoms with Gasteiger partial charge in [-0.2, -0.15) is 0 Å². The number of anilines is 1. The second-order valence-electron chi connectivity index (χ2n) is 8.86. The highest BCUT2D eigenvalue weighted by Crippen LogP contribution is 2.31. The summed E-state index contributed by atoms with van der Waals surface area (Å²) in [6.45, 7) is 7.09. The highest BCUT2D eigenvalue weighted by Gasteiger charge is 2.22. The maximum Gasteiger partial charge on any atom is 0.260 e. The van der Waals surface area contributed by atoms with E-state index in [1.165, 1.54) is 5.56 Å². The number of nitrogens with zero attached hydrogens (tertiary/aromatic N) is 3. The molecule has 6 nitrogen and oxygen atoms in total. The molecule has 186 valence electrons. The minimum absolute atomic E-state index is 0.0646. The van der Waals surface area contributed by atoms with Crippen molar-refractivity contribution >= 4 is 32.6 Å². The first-order valence-electron chi connectivity index (χ1n) is 12.5. The highest BCUT2D eigenvalue weighted by atomic mass is 32.1. The number of ether oxygens (including phenoxy) is 2. The molecule has 0 spiro atoms. The third-order valence-corrected chi connectivity index (χ3v) is 7.39. The van der Waals surface area contributed by atoms with Crippen LogP contribution in [-0.4, -0.2) is 55.2 Å². The topological polar surface area (TPSA) is 54.9 Å². The second-order valence-corrected chi connectivity index (χ2v) is 9.87. The zero-order valence-corrected chi connectivity index (χ0v) is 21.4. The zero-order chi connectivity index (χ0) is 24.7. The summed E-state index contributed by atoms with van der Waals surface area (Å²) in [6, 6.07) is 23.3. The fraction of sp³-hybridized carbons (Fsp3) is 0.310. The molecule has 0 atom stereocenters. The van der Waals surface area contributed by atoms with E-state index in [-0.39, 0.29) is 5.91 Å². The maximum absolute atomic E-state index is 13.8. The highest BCUT2D eigenvalue weighted by molar-refractivity contribution is 7.22. The first-order chi connectivity index (χ1) is 17.7. The summed E-state index contributed by atoms with van der Waals surface area (Å²) < 4.78 is 12.6. The Morgan fingerprint density at radius 3 is 2.64 bits per heavy atom. The number of para-hydroxylation sites is 1. The van der Waals surface area contributed by atoms with Crippen LogP contribution in [0.1, 0.15) is 29.3 Å². The molecule has 7 heteroatoms. The van der Waals surface area contributed by atoms with Crippen LogP contribution in [0, 0.1) is 0 Å². The normalized spacial score (nSPS) is 14.1. The van der Waals surface area contributed by atoms with Crippen molar-refractivity contribution in [3.05, 3.63) is 83.9 Å². The Balaban J connectivity index is 1.39. The number of aryl methyl sites for hydroxylation is 1. The number of carbonyl (C=O) groups is 1. The molecule has 1 fully saturated rings. The summed E-state index contributed by atoms with van der Waals surface area (Å²) in [7, 11) is 0. The number of hydrogen-bond donors (Lipinski definition) is 0. The van der Waals surface area contributed by atoms with Crippen LogP contribution in [0.15, 0.2) is 72.8 Å². The number of thiazole rings is 1. The van der Waals surface area contributed by atoms with Crippen LogP contribution >= 0.6 is 11.3 Å². The minimum Gasteiger partial charge on any atom is -0.457 e. The van der Waals surface area contributed by atoms with E-state index in [4.69, 9.17) is 14.5 Å². The van der Waals surface area contributed by atoms with Gasteiger partial charge in [0.15, 0.2) is 5.13 Å². The third-order valence-electron chi connectivity index (χ3n) is 6.35. The van der Waals surface area contributed by atoms with E-state index < -0.39 is 0 Å². The number of hydrogen-bond acceptors (Lipinski definition) is 6. The lowest BCUT2D eigenvalue weighted by Gasteiger charge is -2.27. The van der Waals surface area contributed by atoms with Gasteiger partial charge in [-0.05, 0) is 60.9 Å². The van der Waals surface area contributed by atoms with Crippen molar-refractivity contribution in [2.24, 2.45) is 0 Å². The van der Waals surface area contributed by atoms with Gasteiger partial charge in [0.25, 0.3) is 5.91 Å². The van der Waals surface area contributed by atoms with Gasteiger partial charge in [0, 0.05) is 31.7 Å². The molecule has 3 aromatic carbocycles. The number of fused-ring (bicyclic) bond motifs is 1. The fourth-order valence-corrected chi connectivity index (χ4v) is 5.38. The molecular weight excluding hydrogens is 470 g/mol. The van der Waals surface area contributed by atoms with Crippen molar-refractivity contribution in [3.63, 3.8) is 0 Å². The summed E-state index contributed by atoms with van der Waals surface area (Å²) in [5.41, 5.74) is 2.79. The number of amides is 1. The molecule has 5 rings (SSSR count). The van der Waals surface area contributed by atoms with Crippen LogP contribution in [-0.2, 0) is 11.2 Å². The summed E-state index contributed by atoms with van der Waals surface area (Å²) in [6.07, 6.45) is 1.83. The van der Waals surface area contributed by atoms with Gasteiger partial charge in [0.1, 0.15) is 11.5 Å². The Labute approximate surface area is 216 Å². The van der Waals surface area contributed by atoms with Crippen molar-refractivity contribution in [2.45, 2.75) is 19.8 Å². The number of rotatable bonds is 9.